The second-order valence-electron chi connectivity index (χ2n) is 7.44. The summed E-state index contributed by atoms with van der Waals surface area (Å²) in [4.78, 5) is 28.1. The molecule has 30 heavy (non-hydrogen) atoms. The molecule has 1 heterocycles. The number of fused-ring (bicyclic) bond motifs is 1. The van der Waals surface area contributed by atoms with Crippen molar-refractivity contribution < 1.29 is 22.7 Å². The SMILES string of the molecule is C=C/C=C(\C=C\c1ccc2c(c1)N(C(=O)OC(C)C)C[C@H](C)N2C(C)=O)S(C)(=O)=O. The Labute approximate surface area is 178 Å². The van der Waals surface area contributed by atoms with Crippen molar-refractivity contribution in [3.63, 3.8) is 0 Å². The third-order valence-corrected chi connectivity index (χ3v) is 5.61. The van der Waals surface area contributed by atoms with Gasteiger partial charge in [-0.3, -0.25) is 9.69 Å². The van der Waals surface area contributed by atoms with Gasteiger partial charge in [-0.2, -0.15) is 0 Å². The lowest BCUT2D eigenvalue weighted by molar-refractivity contribution is -0.117. The molecule has 0 N–H and O–H groups in total. The van der Waals surface area contributed by atoms with Gasteiger partial charge in [-0.15, -0.1) is 0 Å². The van der Waals surface area contributed by atoms with Gasteiger partial charge in [0.1, 0.15) is 0 Å². The Morgan fingerprint density at radius 3 is 2.47 bits per heavy atom. The fourth-order valence-corrected chi connectivity index (χ4v) is 3.92. The number of anilines is 2. The summed E-state index contributed by atoms with van der Waals surface area (Å²) in [7, 11) is -3.41. The molecule has 0 saturated heterocycles. The van der Waals surface area contributed by atoms with Crippen LogP contribution in [0.3, 0.4) is 0 Å². The zero-order valence-corrected chi connectivity index (χ0v) is 18.8. The number of hydrogen-bond donors (Lipinski definition) is 0. The van der Waals surface area contributed by atoms with E-state index in [9.17, 15) is 18.0 Å². The monoisotopic (exact) mass is 432 g/mol. The van der Waals surface area contributed by atoms with E-state index in [2.05, 4.69) is 6.58 Å². The van der Waals surface area contributed by atoms with Crippen molar-refractivity contribution >= 4 is 39.3 Å². The molecule has 1 aromatic rings. The summed E-state index contributed by atoms with van der Waals surface area (Å²) in [5.41, 5.74) is 1.81. The van der Waals surface area contributed by atoms with Crippen LogP contribution in [0.2, 0.25) is 0 Å². The molecule has 1 atom stereocenters. The first-order valence-corrected chi connectivity index (χ1v) is 11.5. The normalized spacial score (nSPS) is 17.3. The Morgan fingerprint density at radius 1 is 1.27 bits per heavy atom. The Hall–Kier alpha value is -2.87. The first-order valence-electron chi connectivity index (χ1n) is 9.58. The van der Waals surface area contributed by atoms with Crippen molar-refractivity contribution in [1.29, 1.82) is 0 Å². The van der Waals surface area contributed by atoms with Crippen LogP contribution in [0.5, 0.6) is 0 Å². The summed E-state index contributed by atoms with van der Waals surface area (Å²) in [5.74, 6) is -0.128. The number of ether oxygens (including phenoxy) is 1. The summed E-state index contributed by atoms with van der Waals surface area (Å²) in [6.07, 6.45) is 6.27. The van der Waals surface area contributed by atoms with Crippen LogP contribution in [0.1, 0.15) is 33.3 Å². The van der Waals surface area contributed by atoms with Crippen molar-refractivity contribution in [2.75, 3.05) is 22.6 Å². The van der Waals surface area contributed by atoms with Crippen molar-refractivity contribution in [2.45, 2.75) is 39.8 Å². The zero-order valence-electron chi connectivity index (χ0n) is 18.0. The number of sulfone groups is 1. The first-order chi connectivity index (χ1) is 14.0. The van der Waals surface area contributed by atoms with E-state index in [0.29, 0.717) is 16.9 Å². The van der Waals surface area contributed by atoms with Crippen LogP contribution < -0.4 is 9.80 Å². The van der Waals surface area contributed by atoms with Gasteiger partial charge < -0.3 is 9.64 Å². The molecule has 2 rings (SSSR count). The zero-order chi connectivity index (χ0) is 22.6. The Balaban J connectivity index is 2.54. The van der Waals surface area contributed by atoms with Crippen molar-refractivity contribution in [3.05, 3.63) is 53.5 Å². The molecule has 0 spiro atoms. The summed E-state index contributed by atoms with van der Waals surface area (Å²) in [6, 6.07) is 5.04. The highest BCUT2D eigenvalue weighted by atomic mass is 32.2. The van der Waals surface area contributed by atoms with Crippen LogP contribution in [-0.4, -0.2) is 45.4 Å². The Kier molecular flexibility index (Phi) is 7.25. The number of nitrogens with zero attached hydrogens (tertiary/aromatic N) is 2. The quantitative estimate of drug-likeness (QED) is 0.659. The molecule has 1 aliphatic heterocycles. The molecule has 162 valence electrons. The minimum atomic E-state index is -3.41. The lowest BCUT2D eigenvalue weighted by Crippen LogP contribution is -2.51. The number of carbonyl (C=O) groups excluding carboxylic acids is 2. The minimum absolute atomic E-state index is 0.116. The van der Waals surface area contributed by atoms with Gasteiger partial charge in [0.05, 0.1) is 28.4 Å². The third-order valence-electron chi connectivity index (χ3n) is 4.48. The molecule has 7 nitrogen and oxygen atoms in total. The topological polar surface area (TPSA) is 84.0 Å². The fourth-order valence-electron chi connectivity index (χ4n) is 3.26. The van der Waals surface area contributed by atoms with Crippen molar-refractivity contribution in [3.8, 4) is 0 Å². The predicted molar refractivity (Wildman–Crippen MR) is 120 cm³/mol. The Bertz CT molecular complexity index is 1010. The number of rotatable bonds is 5. The van der Waals surface area contributed by atoms with Crippen LogP contribution in [-0.2, 0) is 19.4 Å². The molecule has 1 aromatic carbocycles. The van der Waals surface area contributed by atoms with E-state index in [1.54, 1.807) is 43.0 Å². The van der Waals surface area contributed by atoms with Crippen LogP contribution in [0.4, 0.5) is 16.2 Å². The van der Waals surface area contributed by atoms with Gasteiger partial charge in [0, 0.05) is 19.7 Å². The number of amides is 2. The molecular formula is C22H28N2O5S. The molecule has 0 aliphatic carbocycles. The largest absolute Gasteiger partial charge is 0.446 e. The van der Waals surface area contributed by atoms with E-state index in [4.69, 9.17) is 4.74 Å². The highest BCUT2D eigenvalue weighted by Crippen LogP contribution is 2.37. The number of hydrogen-bond acceptors (Lipinski definition) is 5. The van der Waals surface area contributed by atoms with Gasteiger partial charge in [-0.1, -0.05) is 24.8 Å². The van der Waals surface area contributed by atoms with Crippen LogP contribution in [0.15, 0.2) is 47.9 Å². The molecular weight excluding hydrogens is 404 g/mol. The summed E-state index contributed by atoms with van der Waals surface area (Å²) < 4.78 is 29.2. The van der Waals surface area contributed by atoms with Gasteiger partial charge in [-0.05, 0) is 50.6 Å². The van der Waals surface area contributed by atoms with E-state index in [1.807, 2.05) is 6.92 Å². The molecule has 0 bridgehead atoms. The molecule has 0 unspecified atom stereocenters. The fraction of sp³-hybridized carbons (Fsp3) is 0.364. The minimum Gasteiger partial charge on any atom is -0.446 e. The number of allylic oxidation sites excluding steroid dienone is 3. The highest BCUT2D eigenvalue weighted by Gasteiger charge is 2.34. The maximum Gasteiger partial charge on any atom is 0.414 e. The van der Waals surface area contributed by atoms with Crippen LogP contribution >= 0.6 is 0 Å². The van der Waals surface area contributed by atoms with Gasteiger partial charge in [0.15, 0.2) is 9.84 Å². The molecule has 0 aromatic heterocycles. The summed E-state index contributed by atoms with van der Waals surface area (Å²) in [6.45, 7) is 10.7. The molecule has 0 saturated carbocycles. The van der Waals surface area contributed by atoms with Crippen LogP contribution in [0.25, 0.3) is 6.08 Å². The molecule has 1 aliphatic rings. The summed E-state index contributed by atoms with van der Waals surface area (Å²) >= 11 is 0. The molecule has 8 heteroatoms. The molecule has 0 radical (unpaired) electrons. The molecule has 0 fully saturated rings. The van der Waals surface area contributed by atoms with Crippen molar-refractivity contribution in [1.82, 2.24) is 0 Å². The van der Waals surface area contributed by atoms with Gasteiger partial charge in [-0.25, -0.2) is 13.2 Å². The number of benzene rings is 1. The first kappa shape index (κ1) is 23.4. The predicted octanol–water partition coefficient (Wildman–Crippen LogP) is 3.92. The average molecular weight is 433 g/mol. The second-order valence-corrected chi connectivity index (χ2v) is 9.46. The Morgan fingerprint density at radius 2 is 1.93 bits per heavy atom. The standard InChI is InChI=1S/C22H28N2O5S/c1-7-8-19(30(6,27)28)11-9-18-10-12-20-21(13-18)23(22(26)29-15(2)3)14-16(4)24(20)17(5)25/h7-13,15-16H,1,14H2,2-6H3/b11-9+,19-8+/t16-/m0/s1. The smallest absolute Gasteiger partial charge is 0.414 e. The van der Waals surface area contributed by atoms with E-state index in [-0.39, 0.29) is 29.5 Å². The van der Waals surface area contributed by atoms with E-state index in [1.165, 1.54) is 30.1 Å². The number of carbonyl (C=O) groups is 2. The van der Waals surface area contributed by atoms with Gasteiger partial charge in [0.2, 0.25) is 5.91 Å². The second kappa shape index (κ2) is 9.30. The average Bonchev–Trinajstić information content (AvgIpc) is 2.62. The van der Waals surface area contributed by atoms with E-state index >= 15 is 0 Å². The summed E-state index contributed by atoms with van der Waals surface area (Å²) in [5, 5.41) is 0. The van der Waals surface area contributed by atoms with E-state index < -0.39 is 15.9 Å². The van der Waals surface area contributed by atoms with Gasteiger partial charge in [0.25, 0.3) is 0 Å². The van der Waals surface area contributed by atoms with Crippen molar-refractivity contribution in [2.24, 2.45) is 0 Å². The molecule has 2 amide bonds. The lowest BCUT2D eigenvalue weighted by atomic mass is 10.0. The third kappa shape index (κ3) is 5.38. The van der Waals surface area contributed by atoms with E-state index in [0.717, 1.165) is 6.26 Å². The highest BCUT2D eigenvalue weighted by molar-refractivity contribution is 7.94. The maximum absolute atomic E-state index is 12.7. The van der Waals surface area contributed by atoms with Crippen LogP contribution in [0, 0.1) is 0 Å². The van der Waals surface area contributed by atoms with Gasteiger partial charge >= 0.3 is 6.09 Å². The maximum atomic E-state index is 12.7. The lowest BCUT2D eigenvalue weighted by Gasteiger charge is -2.40.